The standard InChI is InChI=1S/C26H31N3O2/c1-27-26(29-17-25(18-30)22-12-6-3-7-13-22)28-16-23-14-8-9-15-24(23)20-31-19-21-10-4-2-5-11-21/h2-15,25,30H,16-20H2,1H3,(H2,27,28,29). The molecule has 0 radical (unpaired) electrons. The van der Waals surface area contributed by atoms with Crippen LogP contribution in [0.4, 0.5) is 0 Å². The van der Waals surface area contributed by atoms with Crippen LogP contribution in [0.25, 0.3) is 0 Å². The normalized spacial score (nSPS) is 12.4. The summed E-state index contributed by atoms with van der Waals surface area (Å²) >= 11 is 0. The molecule has 0 aliphatic carbocycles. The van der Waals surface area contributed by atoms with Crippen molar-refractivity contribution in [2.45, 2.75) is 25.7 Å². The molecule has 0 spiro atoms. The molecule has 5 heteroatoms. The third-order valence-corrected chi connectivity index (χ3v) is 5.16. The van der Waals surface area contributed by atoms with Gasteiger partial charge in [-0.1, -0.05) is 84.9 Å². The summed E-state index contributed by atoms with van der Waals surface area (Å²) in [5.41, 5.74) is 4.59. The van der Waals surface area contributed by atoms with Crippen LogP contribution in [0, 0.1) is 0 Å². The van der Waals surface area contributed by atoms with Gasteiger partial charge < -0.3 is 20.5 Å². The van der Waals surface area contributed by atoms with Gasteiger partial charge in [-0.3, -0.25) is 4.99 Å². The van der Waals surface area contributed by atoms with E-state index in [1.54, 1.807) is 7.05 Å². The van der Waals surface area contributed by atoms with Gasteiger partial charge in [0.2, 0.25) is 0 Å². The third kappa shape index (κ3) is 7.24. The van der Waals surface area contributed by atoms with E-state index in [0.29, 0.717) is 32.3 Å². The van der Waals surface area contributed by atoms with Crippen molar-refractivity contribution >= 4 is 5.96 Å². The quantitative estimate of drug-likeness (QED) is 0.346. The van der Waals surface area contributed by atoms with E-state index in [0.717, 1.165) is 11.1 Å². The molecule has 3 aromatic carbocycles. The summed E-state index contributed by atoms with van der Waals surface area (Å²) in [5, 5.41) is 16.4. The van der Waals surface area contributed by atoms with Crippen LogP contribution in [0.5, 0.6) is 0 Å². The van der Waals surface area contributed by atoms with Crippen LogP contribution in [0.2, 0.25) is 0 Å². The molecular formula is C26H31N3O2. The average molecular weight is 418 g/mol. The largest absolute Gasteiger partial charge is 0.396 e. The molecule has 0 aliphatic rings. The molecule has 0 aromatic heterocycles. The van der Waals surface area contributed by atoms with E-state index in [2.05, 4.69) is 39.9 Å². The van der Waals surface area contributed by atoms with Gasteiger partial charge in [0.05, 0.1) is 19.8 Å². The minimum Gasteiger partial charge on any atom is -0.396 e. The first-order valence-corrected chi connectivity index (χ1v) is 10.6. The van der Waals surface area contributed by atoms with Crippen LogP contribution in [-0.4, -0.2) is 31.3 Å². The number of guanidine groups is 1. The number of hydrogen-bond donors (Lipinski definition) is 3. The van der Waals surface area contributed by atoms with E-state index in [-0.39, 0.29) is 12.5 Å². The Kier molecular flexibility index (Phi) is 9.10. The zero-order valence-electron chi connectivity index (χ0n) is 18.0. The van der Waals surface area contributed by atoms with Crippen molar-refractivity contribution in [3.05, 3.63) is 107 Å². The Bertz CT molecular complexity index is 930. The summed E-state index contributed by atoms with van der Waals surface area (Å²) in [6, 6.07) is 28.5. The average Bonchev–Trinajstić information content (AvgIpc) is 2.83. The number of hydrogen-bond acceptors (Lipinski definition) is 3. The Balaban J connectivity index is 1.51. The van der Waals surface area contributed by atoms with Gasteiger partial charge in [-0.25, -0.2) is 0 Å². The molecule has 3 aromatic rings. The number of benzene rings is 3. The highest BCUT2D eigenvalue weighted by molar-refractivity contribution is 5.79. The number of ether oxygens (including phenoxy) is 1. The molecule has 0 aliphatic heterocycles. The Hall–Kier alpha value is -3.15. The predicted molar refractivity (Wildman–Crippen MR) is 126 cm³/mol. The summed E-state index contributed by atoms with van der Waals surface area (Å²) in [4.78, 5) is 4.32. The minimum atomic E-state index is 0.0124. The first-order valence-electron chi connectivity index (χ1n) is 10.6. The van der Waals surface area contributed by atoms with E-state index < -0.39 is 0 Å². The molecule has 3 N–H and O–H groups in total. The first-order chi connectivity index (χ1) is 15.3. The smallest absolute Gasteiger partial charge is 0.191 e. The summed E-state index contributed by atoms with van der Waals surface area (Å²) < 4.78 is 5.92. The molecule has 31 heavy (non-hydrogen) atoms. The van der Waals surface area contributed by atoms with Gasteiger partial charge in [-0.15, -0.1) is 0 Å². The van der Waals surface area contributed by atoms with Crippen molar-refractivity contribution < 1.29 is 9.84 Å². The van der Waals surface area contributed by atoms with Crippen LogP contribution < -0.4 is 10.6 Å². The fourth-order valence-corrected chi connectivity index (χ4v) is 3.36. The Morgan fingerprint density at radius 3 is 2.16 bits per heavy atom. The lowest BCUT2D eigenvalue weighted by molar-refractivity contribution is 0.106. The van der Waals surface area contributed by atoms with E-state index in [1.165, 1.54) is 11.1 Å². The molecule has 0 fully saturated rings. The van der Waals surface area contributed by atoms with Gasteiger partial charge in [-0.05, 0) is 22.3 Å². The monoisotopic (exact) mass is 417 g/mol. The lowest BCUT2D eigenvalue weighted by Gasteiger charge is -2.18. The Morgan fingerprint density at radius 2 is 1.48 bits per heavy atom. The van der Waals surface area contributed by atoms with Gasteiger partial charge in [-0.2, -0.15) is 0 Å². The van der Waals surface area contributed by atoms with Crippen LogP contribution in [0.1, 0.15) is 28.2 Å². The van der Waals surface area contributed by atoms with E-state index >= 15 is 0 Å². The molecule has 0 bridgehead atoms. The second-order valence-corrected chi connectivity index (χ2v) is 7.34. The second kappa shape index (κ2) is 12.5. The Morgan fingerprint density at radius 1 is 0.839 bits per heavy atom. The van der Waals surface area contributed by atoms with E-state index in [4.69, 9.17) is 4.74 Å². The van der Waals surface area contributed by atoms with Crippen molar-refractivity contribution in [2.24, 2.45) is 4.99 Å². The zero-order valence-corrected chi connectivity index (χ0v) is 18.0. The number of aliphatic hydroxyl groups excluding tert-OH is 1. The van der Waals surface area contributed by atoms with Gasteiger partial charge in [0.1, 0.15) is 0 Å². The Labute approximate surface area is 184 Å². The molecular weight excluding hydrogens is 386 g/mol. The number of nitrogens with zero attached hydrogens (tertiary/aromatic N) is 1. The van der Waals surface area contributed by atoms with Gasteiger partial charge in [0.15, 0.2) is 5.96 Å². The lowest BCUT2D eigenvalue weighted by Crippen LogP contribution is -2.39. The minimum absolute atomic E-state index is 0.0124. The molecule has 0 amide bonds. The van der Waals surface area contributed by atoms with Gasteiger partial charge >= 0.3 is 0 Å². The number of nitrogens with one attached hydrogen (secondary N) is 2. The molecule has 0 heterocycles. The molecule has 162 valence electrons. The summed E-state index contributed by atoms with van der Waals surface area (Å²) in [6.45, 7) is 2.46. The summed E-state index contributed by atoms with van der Waals surface area (Å²) in [7, 11) is 1.75. The van der Waals surface area contributed by atoms with Crippen LogP contribution in [-0.2, 0) is 24.5 Å². The fraction of sp³-hybridized carbons (Fsp3) is 0.269. The zero-order chi connectivity index (χ0) is 21.7. The maximum atomic E-state index is 9.76. The molecule has 5 nitrogen and oxygen atoms in total. The van der Waals surface area contributed by atoms with Crippen LogP contribution in [0.15, 0.2) is 89.9 Å². The van der Waals surface area contributed by atoms with Crippen molar-refractivity contribution in [1.82, 2.24) is 10.6 Å². The second-order valence-electron chi connectivity index (χ2n) is 7.34. The number of aliphatic imine (C=N–C) groups is 1. The fourth-order valence-electron chi connectivity index (χ4n) is 3.36. The number of rotatable bonds is 10. The van der Waals surface area contributed by atoms with Gasteiger partial charge in [0, 0.05) is 26.1 Å². The van der Waals surface area contributed by atoms with Gasteiger partial charge in [0.25, 0.3) is 0 Å². The van der Waals surface area contributed by atoms with Crippen molar-refractivity contribution in [2.75, 3.05) is 20.2 Å². The van der Waals surface area contributed by atoms with E-state index in [9.17, 15) is 5.11 Å². The van der Waals surface area contributed by atoms with Crippen LogP contribution in [0.3, 0.4) is 0 Å². The third-order valence-electron chi connectivity index (χ3n) is 5.16. The maximum Gasteiger partial charge on any atom is 0.191 e. The topological polar surface area (TPSA) is 65.9 Å². The van der Waals surface area contributed by atoms with Crippen LogP contribution >= 0.6 is 0 Å². The van der Waals surface area contributed by atoms with Crippen molar-refractivity contribution in [1.29, 1.82) is 0 Å². The van der Waals surface area contributed by atoms with Crippen molar-refractivity contribution in [3.8, 4) is 0 Å². The first kappa shape index (κ1) is 22.5. The summed E-state index contributed by atoms with van der Waals surface area (Å²) in [6.07, 6.45) is 0. The molecule has 0 saturated carbocycles. The van der Waals surface area contributed by atoms with Crippen molar-refractivity contribution in [3.63, 3.8) is 0 Å². The molecule has 1 atom stereocenters. The highest BCUT2D eigenvalue weighted by Gasteiger charge is 2.11. The summed E-state index contributed by atoms with van der Waals surface area (Å²) in [5.74, 6) is 0.716. The lowest BCUT2D eigenvalue weighted by atomic mass is 10.0. The number of aliphatic hydroxyl groups is 1. The molecule has 0 saturated heterocycles. The molecule has 1 unspecified atom stereocenters. The predicted octanol–water partition coefficient (Wildman–Crippen LogP) is 3.84. The van der Waals surface area contributed by atoms with E-state index in [1.807, 2.05) is 60.7 Å². The highest BCUT2D eigenvalue weighted by Crippen LogP contribution is 2.14. The maximum absolute atomic E-state index is 9.76. The molecule has 3 rings (SSSR count). The SMILES string of the molecule is CN=C(NCc1ccccc1COCc1ccccc1)NCC(CO)c1ccccc1. The highest BCUT2D eigenvalue weighted by atomic mass is 16.5.